The van der Waals surface area contributed by atoms with Crippen LogP contribution in [0.5, 0.6) is 0 Å². The van der Waals surface area contributed by atoms with Gasteiger partial charge in [-0.2, -0.15) is 0 Å². The van der Waals surface area contributed by atoms with Crippen molar-refractivity contribution < 1.29 is 14.0 Å². The average molecular weight is 242 g/mol. The maximum Gasteiger partial charge on any atom is 0.315 e. The summed E-state index contributed by atoms with van der Waals surface area (Å²) in [5, 5.41) is 0. The van der Waals surface area contributed by atoms with E-state index in [0.29, 0.717) is 6.73 Å². The van der Waals surface area contributed by atoms with Crippen LogP contribution in [0.1, 0.15) is 54.4 Å². The highest BCUT2D eigenvalue weighted by Crippen LogP contribution is 2.31. The third-order valence-corrected chi connectivity index (χ3v) is 3.90. The molecule has 0 unspecified atom stereocenters. The minimum Gasteiger partial charge on any atom is -0.415 e. The lowest BCUT2D eigenvalue weighted by Crippen LogP contribution is -2.59. The van der Waals surface area contributed by atoms with Crippen LogP contribution in [0, 0.1) is 5.41 Å². The monoisotopic (exact) mass is 242 g/mol. The van der Waals surface area contributed by atoms with E-state index in [0.717, 1.165) is 17.6 Å². The van der Waals surface area contributed by atoms with Gasteiger partial charge >= 0.3 is 5.97 Å². The van der Waals surface area contributed by atoms with Crippen molar-refractivity contribution in [2.24, 2.45) is 5.41 Å². The molecule has 100 valence electrons. The standard InChI is InChI=1S/C14H28NO2/c1-13(2,3)12(16)17-11-15(14(4,5)6)9-7-8-10-15/h7-11H2,1-6H3/q+1. The zero-order valence-electron chi connectivity index (χ0n) is 12.3. The van der Waals surface area contributed by atoms with Crippen LogP contribution in [0.4, 0.5) is 0 Å². The van der Waals surface area contributed by atoms with Gasteiger partial charge in [-0.25, -0.2) is 0 Å². The zero-order valence-corrected chi connectivity index (χ0v) is 12.3. The van der Waals surface area contributed by atoms with Crippen LogP contribution in [-0.4, -0.2) is 35.8 Å². The number of ether oxygens (including phenoxy) is 1. The third-order valence-electron chi connectivity index (χ3n) is 3.90. The van der Waals surface area contributed by atoms with E-state index in [2.05, 4.69) is 20.8 Å². The molecule has 3 nitrogen and oxygen atoms in total. The Kier molecular flexibility index (Phi) is 3.92. The normalized spacial score (nSPS) is 20.4. The fourth-order valence-electron chi connectivity index (χ4n) is 2.33. The molecule has 1 heterocycles. The van der Waals surface area contributed by atoms with Gasteiger partial charge in [0, 0.05) is 12.8 Å². The van der Waals surface area contributed by atoms with E-state index in [-0.39, 0.29) is 11.5 Å². The van der Waals surface area contributed by atoms with Crippen molar-refractivity contribution >= 4 is 5.97 Å². The summed E-state index contributed by atoms with van der Waals surface area (Å²) in [6, 6.07) is 0. The molecule has 0 aliphatic carbocycles. The van der Waals surface area contributed by atoms with Gasteiger partial charge in [-0.15, -0.1) is 0 Å². The molecule has 17 heavy (non-hydrogen) atoms. The third kappa shape index (κ3) is 3.21. The van der Waals surface area contributed by atoms with Crippen LogP contribution in [0.15, 0.2) is 0 Å². The van der Waals surface area contributed by atoms with Crippen molar-refractivity contribution in [3.05, 3.63) is 0 Å². The highest BCUT2D eigenvalue weighted by Gasteiger charge is 2.44. The second kappa shape index (κ2) is 4.60. The molecule has 1 saturated heterocycles. The second-order valence-electron chi connectivity index (χ2n) is 7.28. The summed E-state index contributed by atoms with van der Waals surface area (Å²) in [6.45, 7) is 15.2. The van der Waals surface area contributed by atoms with Crippen molar-refractivity contribution in [1.29, 1.82) is 0 Å². The lowest BCUT2D eigenvalue weighted by atomic mass is 9.97. The van der Waals surface area contributed by atoms with Crippen LogP contribution in [-0.2, 0) is 9.53 Å². The molecule has 1 aliphatic heterocycles. The molecule has 1 rings (SSSR count). The van der Waals surface area contributed by atoms with Crippen LogP contribution < -0.4 is 0 Å². The largest absolute Gasteiger partial charge is 0.415 e. The molecule has 0 N–H and O–H groups in total. The molecule has 3 heteroatoms. The van der Waals surface area contributed by atoms with Gasteiger partial charge in [-0.05, 0) is 41.5 Å². The summed E-state index contributed by atoms with van der Waals surface area (Å²) >= 11 is 0. The van der Waals surface area contributed by atoms with Crippen LogP contribution >= 0.6 is 0 Å². The van der Waals surface area contributed by atoms with Crippen LogP contribution in [0.3, 0.4) is 0 Å². The lowest BCUT2D eigenvalue weighted by Gasteiger charge is -2.45. The van der Waals surface area contributed by atoms with Gasteiger partial charge in [0.25, 0.3) is 0 Å². The molecular weight excluding hydrogens is 214 g/mol. The summed E-state index contributed by atoms with van der Waals surface area (Å²) in [4.78, 5) is 11.9. The minimum absolute atomic E-state index is 0.0915. The Morgan fingerprint density at radius 3 is 1.88 bits per heavy atom. The number of rotatable bonds is 2. The summed E-state index contributed by atoms with van der Waals surface area (Å²) in [5.41, 5.74) is -0.254. The van der Waals surface area contributed by atoms with Crippen LogP contribution in [0.25, 0.3) is 0 Å². The highest BCUT2D eigenvalue weighted by atomic mass is 16.5. The molecule has 0 saturated carbocycles. The first-order valence-corrected chi connectivity index (χ1v) is 6.62. The van der Waals surface area contributed by atoms with E-state index >= 15 is 0 Å². The molecule has 0 bridgehead atoms. The van der Waals surface area contributed by atoms with Crippen molar-refractivity contribution in [1.82, 2.24) is 0 Å². The number of hydrogen-bond donors (Lipinski definition) is 0. The number of carbonyl (C=O) groups is 1. The van der Waals surface area contributed by atoms with Gasteiger partial charge in [0.2, 0.25) is 6.73 Å². The molecule has 0 aromatic heterocycles. The lowest BCUT2D eigenvalue weighted by molar-refractivity contribution is -0.974. The molecule has 0 spiro atoms. The SMILES string of the molecule is CC(C)(C)C(=O)OC[N+]1(C(C)(C)C)CCCC1. The highest BCUT2D eigenvalue weighted by molar-refractivity contribution is 5.75. The molecule has 0 atom stereocenters. The number of carbonyl (C=O) groups excluding carboxylic acids is 1. The predicted molar refractivity (Wildman–Crippen MR) is 69.4 cm³/mol. The average Bonchev–Trinajstić information content (AvgIpc) is 2.60. The van der Waals surface area contributed by atoms with Gasteiger partial charge in [0.05, 0.1) is 24.0 Å². The topological polar surface area (TPSA) is 26.3 Å². The van der Waals surface area contributed by atoms with E-state index in [1.54, 1.807) is 0 Å². The number of likely N-dealkylation sites (tertiary alicyclic amines) is 1. The second-order valence-corrected chi connectivity index (χ2v) is 7.28. The van der Waals surface area contributed by atoms with E-state index in [1.165, 1.54) is 12.8 Å². The van der Waals surface area contributed by atoms with Gasteiger partial charge in [-0.3, -0.25) is 9.28 Å². The summed E-state index contributed by atoms with van der Waals surface area (Å²) in [5.74, 6) is -0.0915. The van der Waals surface area contributed by atoms with Gasteiger partial charge in [0.15, 0.2) is 0 Å². The smallest absolute Gasteiger partial charge is 0.315 e. The van der Waals surface area contributed by atoms with Gasteiger partial charge in [-0.1, -0.05) is 0 Å². The fraction of sp³-hybridized carbons (Fsp3) is 0.929. The number of hydrogen-bond acceptors (Lipinski definition) is 2. The molecular formula is C14H28NO2+. The molecule has 0 aromatic carbocycles. The van der Waals surface area contributed by atoms with E-state index in [1.807, 2.05) is 20.8 Å². The van der Waals surface area contributed by atoms with Crippen molar-refractivity contribution in [3.8, 4) is 0 Å². The Morgan fingerprint density at radius 2 is 1.53 bits per heavy atom. The number of quaternary nitrogens is 1. The van der Waals surface area contributed by atoms with Crippen molar-refractivity contribution in [2.75, 3.05) is 19.8 Å². The molecule has 0 aromatic rings. The summed E-state index contributed by atoms with van der Waals surface area (Å²) in [7, 11) is 0. The minimum atomic E-state index is -0.401. The number of nitrogens with zero attached hydrogens (tertiary/aromatic N) is 1. The molecule has 0 radical (unpaired) electrons. The first kappa shape index (κ1) is 14.5. The van der Waals surface area contributed by atoms with Crippen LogP contribution in [0.2, 0.25) is 0 Å². The number of esters is 1. The predicted octanol–water partition coefficient (Wildman–Crippen LogP) is 2.94. The Hall–Kier alpha value is -0.570. The molecule has 1 aliphatic rings. The first-order valence-electron chi connectivity index (χ1n) is 6.62. The Balaban J connectivity index is 2.67. The first-order chi connectivity index (χ1) is 7.58. The maximum absolute atomic E-state index is 11.9. The van der Waals surface area contributed by atoms with Crippen molar-refractivity contribution in [2.45, 2.75) is 59.9 Å². The summed E-state index contributed by atoms with van der Waals surface area (Å²) in [6.07, 6.45) is 2.48. The molecule has 0 amide bonds. The maximum atomic E-state index is 11.9. The quantitative estimate of drug-likeness (QED) is 0.550. The Morgan fingerprint density at radius 1 is 1.06 bits per heavy atom. The molecule has 1 fully saturated rings. The Labute approximate surface area is 106 Å². The zero-order chi connectivity index (χ0) is 13.3. The van der Waals surface area contributed by atoms with E-state index < -0.39 is 5.41 Å². The Bertz CT molecular complexity index is 278. The van der Waals surface area contributed by atoms with Crippen molar-refractivity contribution in [3.63, 3.8) is 0 Å². The van der Waals surface area contributed by atoms with Gasteiger partial charge in [0.1, 0.15) is 0 Å². The van der Waals surface area contributed by atoms with Gasteiger partial charge < -0.3 is 4.74 Å². The fourth-order valence-corrected chi connectivity index (χ4v) is 2.33. The summed E-state index contributed by atoms with van der Waals surface area (Å²) < 4.78 is 6.47. The van der Waals surface area contributed by atoms with E-state index in [4.69, 9.17) is 4.74 Å². The van der Waals surface area contributed by atoms with E-state index in [9.17, 15) is 4.79 Å².